The quantitative estimate of drug-likeness (QED) is 0.427. The molecule has 1 aromatic rings. The number of guanidine groups is 1. The molecule has 1 aliphatic rings. The lowest BCUT2D eigenvalue weighted by atomic mass is 10.1. The molecular formula is C16H29IN6O. The van der Waals surface area contributed by atoms with Crippen LogP contribution in [0, 0.1) is 12.8 Å². The Morgan fingerprint density at radius 3 is 2.42 bits per heavy atom. The van der Waals surface area contributed by atoms with E-state index in [2.05, 4.69) is 20.3 Å². The Hall–Kier alpha value is -1.32. The van der Waals surface area contributed by atoms with Gasteiger partial charge < -0.3 is 15.1 Å². The first kappa shape index (κ1) is 20.7. The van der Waals surface area contributed by atoms with Gasteiger partial charge in [0.1, 0.15) is 0 Å². The van der Waals surface area contributed by atoms with Gasteiger partial charge in [0.05, 0.1) is 12.7 Å². The SMILES string of the molecule is CN=C(NCCn1cc(C)cn1)N1CCN(C(=O)C(C)C)CC1.I. The normalized spacial score (nSPS) is 15.5. The minimum absolute atomic E-state index is 0. The zero-order chi connectivity index (χ0) is 16.8. The maximum Gasteiger partial charge on any atom is 0.225 e. The molecule has 0 aliphatic carbocycles. The molecular weight excluding hydrogens is 419 g/mol. The Morgan fingerprint density at radius 2 is 1.92 bits per heavy atom. The molecule has 7 nitrogen and oxygen atoms in total. The van der Waals surface area contributed by atoms with Crippen molar-refractivity contribution in [3.8, 4) is 0 Å². The number of rotatable bonds is 4. The van der Waals surface area contributed by atoms with Crippen molar-refractivity contribution in [3.05, 3.63) is 18.0 Å². The van der Waals surface area contributed by atoms with Gasteiger partial charge in [0, 0.05) is 51.9 Å². The van der Waals surface area contributed by atoms with Crippen LogP contribution in [0.15, 0.2) is 17.4 Å². The van der Waals surface area contributed by atoms with E-state index in [0.717, 1.165) is 45.2 Å². The molecule has 136 valence electrons. The number of carbonyl (C=O) groups excluding carboxylic acids is 1. The number of hydrogen-bond donors (Lipinski definition) is 1. The fourth-order valence-corrected chi connectivity index (χ4v) is 2.71. The highest BCUT2D eigenvalue weighted by molar-refractivity contribution is 14.0. The summed E-state index contributed by atoms with van der Waals surface area (Å²) in [6.07, 6.45) is 3.89. The summed E-state index contributed by atoms with van der Waals surface area (Å²) in [5, 5.41) is 7.65. The monoisotopic (exact) mass is 448 g/mol. The van der Waals surface area contributed by atoms with Crippen LogP contribution in [0.5, 0.6) is 0 Å². The van der Waals surface area contributed by atoms with Gasteiger partial charge in [-0.25, -0.2) is 0 Å². The van der Waals surface area contributed by atoms with Crippen molar-refractivity contribution in [1.29, 1.82) is 0 Å². The number of halogens is 1. The number of piperazine rings is 1. The van der Waals surface area contributed by atoms with Gasteiger partial charge in [0.2, 0.25) is 5.91 Å². The molecule has 0 unspecified atom stereocenters. The summed E-state index contributed by atoms with van der Waals surface area (Å²) in [6, 6.07) is 0. The van der Waals surface area contributed by atoms with Crippen LogP contribution in [0.4, 0.5) is 0 Å². The summed E-state index contributed by atoms with van der Waals surface area (Å²) >= 11 is 0. The van der Waals surface area contributed by atoms with Crippen molar-refractivity contribution in [1.82, 2.24) is 24.9 Å². The van der Waals surface area contributed by atoms with E-state index in [0.29, 0.717) is 0 Å². The van der Waals surface area contributed by atoms with Gasteiger partial charge in [-0.05, 0) is 12.5 Å². The Labute approximate surface area is 161 Å². The molecule has 1 saturated heterocycles. The maximum absolute atomic E-state index is 12.0. The summed E-state index contributed by atoms with van der Waals surface area (Å²) in [5.41, 5.74) is 1.17. The van der Waals surface area contributed by atoms with Gasteiger partial charge in [-0.1, -0.05) is 13.8 Å². The number of aryl methyl sites for hydroxylation is 1. The van der Waals surface area contributed by atoms with Crippen LogP contribution in [0.25, 0.3) is 0 Å². The van der Waals surface area contributed by atoms with Crippen molar-refractivity contribution in [2.24, 2.45) is 10.9 Å². The summed E-state index contributed by atoms with van der Waals surface area (Å²) in [5.74, 6) is 1.20. The van der Waals surface area contributed by atoms with Crippen molar-refractivity contribution < 1.29 is 4.79 Å². The molecule has 1 aliphatic heterocycles. The number of nitrogens with one attached hydrogen (secondary N) is 1. The lowest BCUT2D eigenvalue weighted by Crippen LogP contribution is -2.54. The number of amides is 1. The number of aliphatic imine (C=N–C) groups is 1. The Kier molecular flexibility index (Phi) is 8.51. The third-order valence-corrected chi connectivity index (χ3v) is 3.98. The zero-order valence-corrected chi connectivity index (χ0v) is 17.4. The summed E-state index contributed by atoms with van der Waals surface area (Å²) < 4.78 is 1.93. The molecule has 0 saturated carbocycles. The molecule has 2 rings (SSSR count). The van der Waals surface area contributed by atoms with E-state index in [1.165, 1.54) is 5.56 Å². The molecule has 2 heterocycles. The first-order valence-corrected chi connectivity index (χ1v) is 8.24. The van der Waals surface area contributed by atoms with Gasteiger partial charge in [0.15, 0.2) is 5.96 Å². The fourth-order valence-electron chi connectivity index (χ4n) is 2.71. The third kappa shape index (κ3) is 5.64. The molecule has 1 fully saturated rings. The molecule has 1 aromatic heterocycles. The van der Waals surface area contributed by atoms with Gasteiger partial charge in [-0.2, -0.15) is 5.10 Å². The highest BCUT2D eigenvalue weighted by Gasteiger charge is 2.24. The first-order chi connectivity index (χ1) is 11.0. The standard InChI is InChI=1S/C16H28N6O.HI/c1-13(2)15(23)20-7-9-21(10-8-20)16(17-4)18-5-6-22-12-14(3)11-19-22;/h11-13H,5-10H2,1-4H3,(H,17,18);1H. The van der Waals surface area contributed by atoms with E-state index in [1.54, 1.807) is 7.05 Å². The minimum Gasteiger partial charge on any atom is -0.354 e. The van der Waals surface area contributed by atoms with Gasteiger partial charge in [0.25, 0.3) is 0 Å². The second kappa shape index (κ2) is 9.85. The number of carbonyl (C=O) groups is 1. The maximum atomic E-state index is 12.0. The molecule has 1 N–H and O–H groups in total. The predicted molar refractivity (Wildman–Crippen MR) is 107 cm³/mol. The molecule has 0 radical (unpaired) electrons. The number of aromatic nitrogens is 2. The first-order valence-electron chi connectivity index (χ1n) is 8.24. The molecule has 8 heteroatoms. The lowest BCUT2D eigenvalue weighted by Gasteiger charge is -2.37. The summed E-state index contributed by atoms with van der Waals surface area (Å²) in [7, 11) is 1.80. The van der Waals surface area contributed by atoms with Gasteiger partial charge in [-0.15, -0.1) is 24.0 Å². The van der Waals surface area contributed by atoms with Crippen LogP contribution in [0.3, 0.4) is 0 Å². The average molecular weight is 448 g/mol. The van der Waals surface area contributed by atoms with E-state index in [-0.39, 0.29) is 35.8 Å². The second-order valence-corrected chi connectivity index (χ2v) is 6.22. The van der Waals surface area contributed by atoms with E-state index < -0.39 is 0 Å². The Balaban J connectivity index is 0.00000288. The average Bonchev–Trinajstić information content (AvgIpc) is 2.96. The molecule has 0 aromatic carbocycles. The highest BCUT2D eigenvalue weighted by Crippen LogP contribution is 2.07. The van der Waals surface area contributed by atoms with Gasteiger partial charge >= 0.3 is 0 Å². The Bertz CT molecular complexity index is 549. The van der Waals surface area contributed by atoms with Crippen molar-refractivity contribution in [2.45, 2.75) is 27.3 Å². The van der Waals surface area contributed by atoms with E-state index >= 15 is 0 Å². The van der Waals surface area contributed by atoms with E-state index in [4.69, 9.17) is 0 Å². The van der Waals surface area contributed by atoms with Crippen LogP contribution in [0.2, 0.25) is 0 Å². The second-order valence-electron chi connectivity index (χ2n) is 6.22. The largest absolute Gasteiger partial charge is 0.354 e. The molecule has 0 bridgehead atoms. The molecule has 1 amide bonds. The number of nitrogens with zero attached hydrogens (tertiary/aromatic N) is 5. The van der Waals surface area contributed by atoms with Crippen LogP contribution in [-0.2, 0) is 11.3 Å². The minimum atomic E-state index is 0. The lowest BCUT2D eigenvalue weighted by molar-refractivity contribution is -0.135. The Morgan fingerprint density at radius 1 is 1.29 bits per heavy atom. The van der Waals surface area contributed by atoms with Crippen molar-refractivity contribution in [3.63, 3.8) is 0 Å². The topological polar surface area (TPSA) is 65.8 Å². The smallest absolute Gasteiger partial charge is 0.225 e. The van der Waals surface area contributed by atoms with Gasteiger partial charge in [-0.3, -0.25) is 14.5 Å². The van der Waals surface area contributed by atoms with Crippen LogP contribution in [-0.4, -0.2) is 71.2 Å². The molecule has 0 spiro atoms. The van der Waals surface area contributed by atoms with Crippen molar-refractivity contribution >= 4 is 35.8 Å². The summed E-state index contributed by atoms with van der Waals surface area (Å²) in [4.78, 5) is 20.5. The zero-order valence-electron chi connectivity index (χ0n) is 15.0. The fraction of sp³-hybridized carbons (Fsp3) is 0.688. The molecule has 24 heavy (non-hydrogen) atoms. The van der Waals surface area contributed by atoms with E-state index in [9.17, 15) is 4.79 Å². The van der Waals surface area contributed by atoms with Crippen LogP contribution >= 0.6 is 24.0 Å². The van der Waals surface area contributed by atoms with Crippen LogP contribution in [0.1, 0.15) is 19.4 Å². The van der Waals surface area contributed by atoms with Crippen LogP contribution < -0.4 is 5.32 Å². The third-order valence-electron chi connectivity index (χ3n) is 3.98. The molecule has 0 atom stereocenters. The van der Waals surface area contributed by atoms with Crippen molar-refractivity contribution in [2.75, 3.05) is 39.8 Å². The van der Waals surface area contributed by atoms with E-state index in [1.807, 2.05) is 42.7 Å². The summed E-state index contributed by atoms with van der Waals surface area (Å²) in [6.45, 7) is 10.7. The highest BCUT2D eigenvalue weighted by atomic mass is 127. The predicted octanol–water partition coefficient (Wildman–Crippen LogP) is 1.19. The number of hydrogen-bond acceptors (Lipinski definition) is 3.